The number of esters is 1. The van der Waals surface area contributed by atoms with Crippen LogP contribution in [0.15, 0.2) is 52.2 Å². The number of nitrogens with zero attached hydrogens (tertiary/aromatic N) is 2. The summed E-state index contributed by atoms with van der Waals surface area (Å²) in [4.78, 5) is 49.7. The molecule has 4 aliphatic heterocycles. The monoisotopic (exact) mass is 776 g/mol. The van der Waals surface area contributed by atoms with E-state index in [1.807, 2.05) is 0 Å². The molecule has 0 aliphatic carbocycles. The van der Waals surface area contributed by atoms with Gasteiger partial charge in [0.2, 0.25) is 0 Å². The maximum Gasteiger partial charge on any atom is 0.312 e. The minimum Gasteiger partial charge on any atom is -0.507 e. The van der Waals surface area contributed by atoms with Crippen molar-refractivity contribution < 1.29 is 53.8 Å². The molecule has 1 saturated heterocycles. The molecule has 9 atom stereocenters. The van der Waals surface area contributed by atoms with Crippen LogP contribution in [0.25, 0.3) is 10.8 Å². The van der Waals surface area contributed by atoms with Crippen LogP contribution in [0.3, 0.4) is 0 Å². The molecule has 1 amide bonds. The summed E-state index contributed by atoms with van der Waals surface area (Å²) in [6.45, 7) is 12.5. The SMILES string of the molecule is CO[C@H]1/C=C/O[C@@]2(C)Oc3cc(O)c4c(O)c(c5c(c4c3C2=O)NC2(CCNCC2)N=5)=NC(=O)/C(C)=C\C=C\[C@H](C)[C@H](O)[C@@H](C)[C@@H](O)[C@@H](C)[C@H](OC(C)=O)[C@@H]1C. The smallest absolute Gasteiger partial charge is 0.312 e. The number of carbonyl (C=O) groups excluding carboxylic acids is 3. The van der Waals surface area contributed by atoms with E-state index >= 15 is 0 Å². The van der Waals surface area contributed by atoms with Gasteiger partial charge in [0.1, 0.15) is 34.0 Å². The molecular weight excluding hydrogens is 724 g/mol. The molecule has 1 spiro atoms. The van der Waals surface area contributed by atoms with Crippen molar-refractivity contribution in [1.82, 2.24) is 5.32 Å². The van der Waals surface area contributed by atoms with Gasteiger partial charge in [-0.05, 0) is 26.1 Å². The van der Waals surface area contributed by atoms with Crippen molar-refractivity contribution in [2.45, 2.75) is 97.2 Å². The van der Waals surface area contributed by atoms with E-state index in [2.05, 4.69) is 15.6 Å². The third kappa shape index (κ3) is 7.28. The lowest BCUT2D eigenvalue weighted by atomic mass is 9.78. The van der Waals surface area contributed by atoms with Gasteiger partial charge >= 0.3 is 11.8 Å². The topological polar surface area (TPSA) is 218 Å². The Balaban J connectivity index is 1.54. The number of aromatic hydroxyl groups is 2. The number of aliphatic hydroxyl groups is 2. The Kier molecular flexibility index (Phi) is 11.4. The van der Waals surface area contributed by atoms with Crippen molar-refractivity contribution in [2.24, 2.45) is 33.7 Å². The lowest BCUT2D eigenvalue weighted by molar-refractivity contribution is -0.160. The summed E-state index contributed by atoms with van der Waals surface area (Å²) in [6.07, 6.45) is 4.95. The van der Waals surface area contributed by atoms with Crippen LogP contribution in [0.2, 0.25) is 0 Å². The van der Waals surface area contributed by atoms with Crippen LogP contribution in [-0.2, 0) is 23.8 Å². The zero-order valence-corrected chi connectivity index (χ0v) is 33.0. The highest BCUT2D eigenvalue weighted by atomic mass is 16.7. The molecule has 0 aromatic heterocycles. The molecule has 15 heteroatoms. The van der Waals surface area contributed by atoms with Crippen molar-refractivity contribution in [3.63, 3.8) is 0 Å². The third-order valence-corrected chi connectivity index (χ3v) is 11.7. The average molecular weight is 777 g/mol. The fraction of sp³-hybridized carbons (Fsp3) is 0.537. The Morgan fingerprint density at radius 1 is 0.982 bits per heavy atom. The van der Waals surface area contributed by atoms with Gasteiger partial charge < -0.3 is 50.0 Å². The van der Waals surface area contributed by atoms with E-state index in [-0.39, 0.29) is 38.4 Å². The minimum absolute atomic E-state index is 0.00217. The van der Waals surface area contributed by atoms with E-state index in [0.29, 0.717) is 31.6 Å². The molecule has 4 bridgehead atoms. The predicted molar refractivity (Wildman–Crippen MR) is 205 cm³/mol. The standard InChI is InChI=1S/C41H52N4O11/c1-19-10-9-11-20(2)39(52)43-33-32-31(44-41(45-32)13-15-42-16-14-41)30-28(36(33)50)25(47)18-27-29(30)38(51)40(7,56-27)54-17-12-26(53-8)21(3)37(55-24(6)46)23(5)35(49)22(4)34(19)48/h9-12,17-19,21-23,26,34-35,37,42,44,47-50H,13-16H2,1-8H3/b10-9+,17-12+,20-11-,43-33?/t19-,21+,22+,23+,26-,34-,35+,37+,40-/m0/s1. The molecule has 6 rings (SSSR count). The lowest BCUT2D eigenvalue weighted by Gasteiger charge is -2.38. The zero-order chi connectivity index (χ0) is 40.9. The number of carbonyl (C=O) groups is 3. The Bertz CT molecular complexity index is 2140. The van der Waals surface area contributed by atoms with Gasteiger partial charge in [-0.25, -0.2) is 4.99 Å². The second-order valence-corrected chi connectivity index (χ2v) is 15.6. The first kappa shape index (κ1) is 40.8. The number of piperidine rings is 1. The zero-order valence-electron chi connectivity index (χ0n) is 33.0. The summed E-state index contributed by atoms with van der Waals surface area (Å²) in [5.41, 5.74) is -0.299. The molecule has 15 nitrogen and oxygen atoms in total. The number of aliphatic hydroxyl groups excluding tert-OH is 2. The van der Waals surface area contributed by atoms with Gasteiger partial charge in [-0.1, -0.05) is 45.9 Å². The molecule has 0 radical (unpaired) electrons. The number of ketones is 1. The van der Waals surface area contributed by atoms with Crippen molar-refractivity contribution in [3.8, 4) is 17.2 Å². The maximum atomic E-state index is 14.4. The summed E-state index contributed by atoms with van der Waals surface area (Å²) >= 11 is 0. The van der Waals surface area contributed by atoms with Gasteiger partial charge in [0.05, 0.1) is 41.2 Å². The van der Waals surface area contributed by atoms with Crippen LogP contribution < -0.4 is 26.1 Å². The Hall–Kier alpha value is -4.83. The predicted octanol–water partition coefficient (Wildman–Crippen LogP) is 3.07. The summed E-state index contributed by atoms with van der Waals surface area (Å²) in [5, 5.41) is 52.8. The number of amides is 1. The minimum atomic E-state index is -1.94. The van der Waals surface area contributed by atoms with Crippen LogP contribution in [0.1, 0.15) is 71.7 Å². The number of rotatable bonds is 2. The Morgan fingerprint density at radius 3 is 2.34 bits per heavy atom. The average Bonchev–Trinajstić information content (AvgIpc) is 3.64. The molecule has 6 N–H and O–H groups in total. The van der Waals surface area contributed by atoms with Gasteiger partial charge in [0.25, 0.3) is 11.7 Å². The first-order chi connectivity index (χ1) is 26.4. The van der Waals surface area contributed by atoms with Crippen LogP contribution in [0, 0.1) is 23.7 Å². The van der Waals surface area contributed by atoms with Crippen LogP contribution in [-0.4, -0.2) is 94.2 Å². The molecule has 2 aromatic carbocycles. The molecule has 302 valence electrons. The number of phenols is 2. The van der Waals surface area contributed by atoms with Gasteiger partial charge in [-0.15, -0.1) is 0 Å². The van der Waals surface area contributed by atoms with Gasteiger partial charge in [0, 0.05) is 74.5 Å². The summed E-state index contributed by atoms with van der Waals surface area (Å²) in [5.74, 6) is -7.14. The quantitative estimate of drug-likeness (QED) is 0.191. The number of anilines is 1. The molecular formula is C41H52N4O11. The van der Waals surface area contributed by atoms with Gasteiger partial charge in [0.15, 0.2) is 5.75 Å². The normalized spacial score (nSPS) is 34.0. The van der Waals surface area contributed by atoms with Crippen molar-refractivity contribution in [3.05, 3.63) is 58.5 Å². The lowest BCUT2D eigenvalue weighted by Crippen LogP contribution is -2.46. The molecule has 4 heterocycles. The van der Waals surface area contributed by atoms with Crippen LogP contribution in [0.5, 0.6) is 17.2 Å². The summed E-state index contributed by atoms with van der Waals surface area (Å²) < 4.78 is 23.6. The first-order valence-corrected chi connectivity index (χ1v) is 19.0. The second kappa shape index (κ2) is 15.6. The molecule has 1 fully saturated rings. The number of nitrogens with one attached hydrogen (secondary N) is 2. The van der Waals surface area contributed by atoms with Crippen LogP contribution in [0.4, 0.5) is 5.69 Å². The summed E-state index contributed by atoms with van der Waals surface area (Å²) in [6, 6.07) is 1.21. The van der Waals surface area contributed by atoms with E-state index < -0.39 is 88.7 Å². The highest BCUT2D eigenvalue weighted by Crippen LogP contribution is 2.48. The van der Waals surface area contributed by atoms with E-state index in [1.54, 1.807) is 46.8 Å². The number of hydrogen-bond donors (Lipinski definition) is 6. The Morgan fingerprint density at radius 2 is 1.68 bits per heavy atom. The number of phenolic OH excluding ortho intramolecular Hbond substituents is 2. The van der Waals surface area contributed by atoms with E-state index in [9.17, 15) is 34.8 Å². The summed E-state index contributed by atoms with van der Waals surface area (Å²) in [7, 11) is 1.46. The number of methoxy groups -OCH3 is 1. The maximum absolute atomic E-state index is 14.4. The molecule has 0 unspecified atom stereocenters. The number of ether oxygens (including phenoxy) is 4. The fourth-order valence-corrected chi connectivity index (χ4v) is 8.25. The van der Waals surface area contributed by atoms with Gasteiger partial charge in [-0.3, -0.25) is 19.4 Å². The number of fused-ring (bicyclic) bond motifs is 1. The number of allylic oxidation sites excluding steroid dienone is 2. The fourth-order valence-electron chi connectivity index (χ4n) is 8.25. The van der Waals surface area contributed by atoms with E-state index in [4.69, 9.17) is 23.9 Å². The third-order valence-electron chi connectivity index (χ3n) is 11.7. The second-order valence-electron chi connectivity index (χ2n) is 15.6. The van der Waals surface area contributed by atoms with Crippen molar-refractivity contribution >= 4 is 34.1 Å². The largest absolute Gasteiger partial charge is 0.507 e. The molecule has 0 saturated carbocycles. The molecule has 56 heavy (non-hydrogen) atoms. The highest BCUT2D eigenvalue weighted by molar-refractivity contribution is 6.21. The van der Waals surface area contributed by atoms with Gasteiger partial charge in [-0.2, -0.15) is 0 Å². The Labute approximate surface area is 324 Å². The number of hydrogen-bond acceptors (Lipinski definition) is 14. The van der Waals surface area contributed by atoms with Crippen molar-refractivity contribution in [2.75, 3.05) is 25.5 Å². The number of Topliss-reactive ketones (excluding diaryl/α,β-unsaturated/α-hetero) is 1. The molecule has 4 aliphatic rings. The number of benzene rings is 2. The van der Waals surface area contributed by atoms with Crippen LogP contribution >= 0.6 is 0 Å². The van der Waals surface area contributed by atoms with E-state index in [1.165, 1.54) is 45.4 Å². The molecule has 2 aromatic rings. The van der Waals surface area contributed by atoms with Crippen molar-refractivity contribution in [1.29, 1.82) is 0 Å². The van der Waals surface area contributed by atoms with E-state index in [0.717, 1.165) is 0 Å². The highest BCUT2D eigenvalue weighted by Gasteiger charge is 2.49. The first-order valence-electron chi connectivity index (χ1n) is 19.0.